The molecule has 4 rings (SSSR count). The molecule has 33 heavy (non-hydrogen) atoms. The van der Waals surface area contributed by atoms with Crippen molar-refractivity contribution in [3.63, 3.8) is 0 Å². The van der Waals surface area contributed by atoms with Crippen LogP contribution in [0.4, 0.5) is 5.69 Å². The lowest BCUT2D eigenvalue weighted by molar-refractivity contribution is -0.121. The number of carbonyl (C=O) groups excluding carboxylic acids is 2. The third-order valence-corrected chi connectivity index (χ3v) is 7.13. The first-order valence-corrected chi connectivity index (χ1v) is 11.6. The van der Waals surface area contributed by atoms with E-state index in [0.29, 0.717) is 16.4 Å². The Morgan fingerprint density at radius 3 is 2.42 bits per heavy atom. The second kappa shape index (κ2) is 8.93. The summed E-state index contributed by atoms with van der Waals surface area (Å²) >= 11 is 5.88. The summed E-state index contributed by atoms with van der Waals surface area (Å²) in [5.74, 6) is -0.233. The fraction of sp³-hybridized carbons (Fsp3) is 0.238. The van der Waals surface area contributed by atoms with Gasteiger partial charge in [-0.2, -0.15) is 9.29 Å². The van der Waals surface area contributed by atoms with Gasteiger partial charge in [-0.05, 0) is 42.5 Å². The SMILES string of the molecule is COc1ccc(S(=O)(=O)N(C)Cc2nc(-c3ccc(Cl)cc3)no2)cc1N1C(=O)CCC1=O. The van der Waals surface area contributed by atoms with Crippen molar-refractivity contribution in [3.05, 3.63) is 53.4 Å². The second-order valence-electron chi connectivity index (χ2n) is 7.24. The van der Waals surface area contributed by atoms with Gasteiger partial charge < -0.3 is 9.26 Å². The van der Waals surface area contributed by atoms with Crippen LogP contribution in [0.25, 0.3) is 11.4 Å². The van der Waals surface area contributed by atoms with E-state index in [1.54, 1.807) is 24.3 Å². The summed E-state index contributed by atoms with van der Waals surface area (Å²) < 4.78 is 37.8. The molecule has 0 saturated carbocycles. The predicted octanol–water partition coefficient (Wildman–Crippen LogP) is 2.87. The number of halogens is 1. The van der Waals surface area contributed by atoms with Crippen molar-refractivity contribution < 1.29 is 27.3 Å². The van der Waals surface area contributed by atoms with Crippen LogP contribution in [0.5, 0.6) is 5.75 Å². The third-order valence-electron chi connectivity index (χ3n) is 5.08. The van der Waals surface area contributed by atoms with Crippen molar-refractivity contribution in [3.8, 4) is 17.1 Å². The number of ether oxygens (including phenoxy) is 1. The van der Waals surface area contributed by atoms with Gasteiger partial charge in [-0.15, -0.1) is 0 Å². The van der Waals surface area contributed by atoms with Crippen molar-refractivity contribution in [2.75, 3.05) is 19.1 Å². The fourth-order valence-electron chi connectivity index (χ4n) is 3.34. The van der Waals surface area contributed by atoms with Crippen LogP contribution in [0.1, 0.15) is 18.7 Å². The Morgan fingerprint density at radius 1 is 1.12 bits per heavy atom. The van der Waals surface area contributed by atoms with Crippen molar-refractivity contribution in [1.29, 1.82) is 0 Å². The van der Waals surface area contributed by atoms with E-state index < -0.39 is 21.8 Å². The van der Waals surface area contributed by atoms with Gasteiger partial charge in [0.1, 0.15) is 5.75 Å². The molecule has 1 aliphatic rings. The Kier molecular flexibility index (Phi) is 6.19. The predicted molar refractivity (Wildman–Crippen MR) is 118 cm³/mol. The van der Waals surface area contributed by atoms with Gasteiger partial charge in [0.25, 0.3) is 0 Å². The van der Waals surface area contributed by atoms with Crippen LogP contribution in [-0.4, -0.2) is 48.8 Å². The number of anilines is 1. The zero-order chi connectivity index (χ0) is 23.8. The van der Waals surface area contributed by atoms with Crippen molar-refractivity contribution in [2.24, 2.45) is 0 Å². The number of hydrogen-bond donors (Lipinski definition) is 0. The van der Waals surface area contributed by atoms with Gasteiger partial charge in [0, 0.05) is 30.5 Å². The topological polar surface area (TPSA) is 123 Å². The minimum absolute atomic E-state index is 0.0615. The third kappa shape index (κ3) is 4.47. The highest BCUT2D eigenvalue weighted by molar-refractivity contribution is 7.89. The first-order chi connectivity index (χ1) is 15.7. The number of imide groups is 1. The van der Waals surface area contributed by atoms with Crippen molar-refractivity contribution in [1.82, 2.24) is 14.4 Å². The van der Waals surface area contributed by atoms with Crippen molar-refractivity contribution >= 4 is 39.1 Å². The number of carbonyl (C=O) groups is 2. The van der Waals surface area contributed by atoms with Crippen LogP contribution in [0.15, 0.2) is 51.9 Å². The zero-order valence-electron chi connectivity index (χ0n) is 17.7. The van der Waals surface area contributed by atoms with Crippen LogP contribution >= 0.6 is 11.6 Å². The molecule has 1 fully saturated rings. The maximum absolute atomic E-state index is 13.2. The van der Waals surface area contributed by atoms with Gasteiger partial charge in [0.05, 0.1) is 24.2 Å². The van der Waals surface area contributed by atoms with E-state index in [1.807, 2.05) is 0 Å². The summed E-state index contributed by atoms with van der Waals surface area (Å²) in [6.45, 7) is -0.189. The molecule has 0 N–H and O–H groups in total. The lowest BCUT2D eigenvalue weighted by Crippen LogP contribution is -2.30. The molecule has 1 aliphatic heterocycles. The molecular formula is C21H19ClN4O6S. The van der Waals surface area contributed by atoms with E-state index in [1.165, 1.54) is 32.4 Å². The molecule has 0 unspecified atom stereocenters. The van der Waals surface area contributed by atoms with E-state index in [0.717, 1.165) is 9.21 Å². The standard InChI is InChI=1S/C21H19ClN4O6S/c1-25(12-18-23-21(24-32-18)13-3-5-14(22)6-4-13)33(29,30)15-7-8-17(31-2)16(11-15)26-19(27)9-10-20(26)28/h3-8,11H,9-10,12H2,1-2H3. The van der Waals surface area contributed by atoms with E-state index in [4.69, 9.17) is 20.9 Å². The summed E-state index contributed by atoms with van der Waals surface area (Å²) in [4.78, 5) is 29.4. The van der Waals surface area contributed by atoms with Gasteiger partial charge in [-0.3, -0.25) is 9.59 Å². The Bertz CT molecular complexity index is 1310. The van der Waals surface area contributed by atoms with E-state index in [-0.39, 0.29) is 41.6 Å². The molecule has 0 aliphatic carbocycles. The van der Waals surface area contributed by atoms with Gasteiger partial charge in [-0.25, -0.2) is 13.3 Å². The molecule has 2 amide bonds. The Labute approximate surface area is 194 Å². The molecule has 0 bridgehead atoms. The quantitative estimate of drug-likeness (QED) is 0.463. The van der Waals surface area contributed by atoms with Crippen LogP contribution in [0.3, 0.4) is 0 Å². The summed E-state index contributed by atoms with van der Waals surface area (Å²) in [7, 11) is -1.30. The average Bonchev–Trinajstić information content (AvgIpc) is 3.39. The normalized spacial score (nSPS) is 14.4. The molecule has 10 nitrogen and oxygen atoms in total. The van der Waals surface area contributed by atoms with Gasteiger partial charge in [0.15, 0.2) is 0 Å². The summed E-state index contributed by atoms with van der Waals surface area (Å²) in [5.41, 5.74) is 0.752. The maximum Gasteiger partial charge on any atom is 0.243 e. The summed E-state index contributed by atoms with van der Waals surface area (Å²) in [5, 5.41) is 4.44. The molecule has 1 saturated heterocycles. The Balaban J connectivity index is 1.59. The molecule has 3 aromatic rings. The molecule has 0 spiro atoms. The monoisotopic (exact) mass is 490 g/mol. The minimum Gasteiger partial charge on any atom is -0.495 e. The number of aromatic nitrogens is 2. The number of hydrogen-bond acceptors (Lipinski definition) is 8. The number of benzene rings is 2. The highest BCUT2D eigenvalue weighted by Gasteiger charge is 2.34. The van der Waals surface area contributed by atoms with Gasteiger partial charge in [-0.1, -0.05) is 16.8 Å². The smallest absolute Gasteiger partial charge is 0.243 e. The van der Waals surface area contributed by atoms with Crippen LogP contribution in [-0.2, 0) is 26.2 Å². The number of rotatable bonds is 7. The molecule has 2 heterocycles. The zero-order valence-corrected chi connectivity index (χ0v) is 19.3. The number of nitrogens with zero attached hydrogens (tertiary/aromatic N) is 4. The number of amides is 2. The van der Waals surface area contributed by atoms with Crippen molar-refractivity contribution in [2.45, 2.75) is 24.3 Å². The van der Waals surface area contributed by atoms with Crippen LogP contribution in [0, 0.1) is 0 Å². The summed E-state index contributed by atoms with van der Waals surface area (Å²) in [6.07, 6.45) is 0.123. The van der Waals surface area contributed by atoms with Gasteiger partial charge >= 0.3 is 0 Å². The van der Waals surface area contributed by atoms with E-state index >= 15 is 0 Å². The molecular weight excluding hydrogens is 472 g/mol. The largest absolute Gasteiger partial charge is 0.495 e. The second-order valence-corrected chi connectivity index (χ2v) is 9.72. The molecule has 1 aromatic heterocycles. The van der Waals surface area contributed by atoms with Crippen LogP contribution in [0.2, 0.25) is 5.02 Å². The molecule has 2 aromatic carbocycles. The van der Waals surface area contributed by atoms with E-state index in [9.17, 15) is 18.0 Å². The highest BCUT2D eigenvalue weighted by Crippen LogP contribution is 2.35. The molecule has 0 radical (unpaired) electrons. The average molecular weight is 491 g/mol. The minimum atomic E-state index is -4.03. The summed E-state index contributed by atoms with van der Waals surface area (Å²) in [6, 6.07) is 10.8. The first-order valence-electron chi connectivity index (χ1n) is 9.79. The molecule has 12 heteroatoms. The maximum atomic E-state index is 13.2. The number of methoxy groups -OCH3 is 1. The first kappa shape index (κ1) is 22.9. The lowest BCUT2D eigenvalue weighted by atomic mass is 10.2. The van der Waals surface area contributed by atoms with E-state index in [2.05, 4.69) is 10.1 Å². The molecule has 0 atom stereocenters. The fourth-order valence-corrected chi connectivity index (χ4v) is 4.61. The highest BCUT2D eigenvalue weighted by atomic mass is 35.5. The van der Waals surface area contributed by atoms with Crippen LogP contribution < -0.4 is 9.64 Å². The number of sulfonamides is 1. The molecule has 172 valence electrons. The Hall–Kier alpha value is -3.28. The lowest BCUT2D eigenvalue weighted by Gasteiger charge is -2.20. The van der Waals surface area contributed by atoms with Gasteiger partial charge in [0.2, 0.25) is 33.6 Å². The Morgan fingerprint density at radius 2 is 1.79 bits per heavy atom.